The van der Waals surface area contributed by atoms with Crippen LogP contribution in [-0.2, 0) is 0 Å². The average molecular weight is 357 g/mol. The summed E-state index contributed by atoms with van der Waals surface area (Å²) in [6.45, 7) is 0. The summed E-state index contributed by atoms with van der Waals surface area (Å²) in [5.74, 6) is 0. The molecule has 62 valence electrons. The number of hydrogen-bond acceptors (Lipinski definition) is 1. The fourth-order valence-corrected chi connectivity index (χ4v) is 2.79. The van der Waals surface area contributed by atoms with E-state index in [4.69, 9.17) is 11.6 Å². The van der Waals surface area contributed by atoms with Gasteiger partial charge in [0.25, 0.3) is 0 Å². The molecule has 0 saturated heterocycles. The van der Waals surface area contributed by atoms with E-state index in [-0.39, 0.29) is 0 Å². The zero-order valence-corrected chi connectivity index (χ0v) is 10.3. The molecule has 0 fully saturated rings. The van der Waals surface area contributed by atoms with E-state index in [0.29, 0.717) is 5.15 Å². The Hall–Kier alpha value is 0.190. The second kappa shape index (κ2) is 3.16. The predicted octanol–water partition coefficient (Wildman–Crippen LogP) is 3.35. The summed E-state index contributed by atoms with van der Waals surface area (Å²) in [6, 6.07) is 2.00. The van der Waals surface area contributed by atoms with Gasteiger partial charge in [-0.2, -0.15) is 0 Å². The molecule has 0 unspecified atom stereocenters. The Balaban J connectivity index is 2.88. The van der Waals surface area contributed by atoms with E-state index >= 15 is 0 Å². The van der Waals surface area contributed by atoms with Crippen LogP contribution in [0.1, 0.15) is 0 Å². The highest BCUT2D eigenvalue weighted by Crippen LogP contribution is 2.20. The maximum Gasteiger partial charge on any atom is 0.152 e. The number of aromatic nitrogens is 2. The summed E-state index contributed by atoms with van der Waals surface area (Å²) in [6.07, 6.45) is 3.71. The number of imidazole rings is 1. The number of pyridine rings is 1. The Labute approximate surface area is 96.2 Å². The van der Waals surface area contributed by atoms with Crippen LogP contribution in [0.25, 0.3) is 5.65 Å². The van der Waals surface area contributed by atoms with E-state index < -0.39 is 0 Å². The highest BCUT2D eigenvalue weighted by Gasteiger charge is 2.03. The zero-order chi connectivity index (χ0) is 8.72. The topological polar surface area (TPSA) is 17.3 Å². The lowest BCUT2D eigenvalue weighted by molar-refractivity contribution is 1.16. The molecule has 12 heavy (non-hydrogen) atoms. The minimum Gasteiger partial charge on any atom is -0.303 e. The molecule has 0 atom stereocenters. The van der Waals surface area contributed by atoms with Gasteiger partial charge in [0.1, 0.15) is 5.15 Å². The quantitative estimate of drug-likeness (QED) is 0.661. The Morgan fingerprint density at radius 1 is 1.50 bits per heavy atom. The molecular weight excluding hydrogens is 354 g/mol. The van der Waals surface area contributed by atoms with E-state index in [9.17, 15) is 0 Å². The summed E-state index contributed by atoms with van der Waals surface area (Å²) in [5.41, 5.74) is 0.892. The zero-order valence-electron chi connectivity index (χ0n) is 5.76. The van der Waals surface area contributed by atoms with Crippen molar-refractivity contribution in [2.75, 3.05) is 0 Å². The molecule has 0 radical (unpaired) electrons. The molecule has 2 aromatic rings. The van der Waals surface area contributed by atoms with Gasteiger partial charge in [-0.3, -0.25) is 0 Å². The monoisotopic (exact) mass is 356 g/mol. The molecule has 0 aromatic carbocycles. The van der Waals surface area contributed by atoms with Crippen molar-refractivity contribution < 1.29 is 0 Å². The van der Waals surface area contributed by atoms with Crippen LogP contribution in [0.5, 0.6) is 0 Å². The third-order valence-electron chi connectivity index (χ3n) is 1.44. The van der Waals surface area contributed by atoms with Gasteiger partial charge in [0.05, 0.1) is 3.57 Å². The van der Waals surface area contributed by atoms with Crippen LogP contribution in [0.15, 0.2) is 22.9 Å². The van der Waals surface area contributed by atoms with Gasteiger partial charge in [0.15, 0.2) is 5.65 Å². The highest BCUT2D eigenvalue weighted by atomic mass is 127. The van der Waals surface area contributed by atoms with Gasteiger partial charge in [0.2, 0.25) is 0 Å². The lowest BCUT2D eigenvalue weighted by Crippen LogP contribution is -1.85. The van der Waals surface area contributed by atoms with E-state index in [1.165, 1.54) is 0 Å². The van der Waals surface area contributed by atoms with Crippen LogP contribution in [0.2, 0.25) is 5.15 Å². The molecule has 0 spiro atoms. The first kappa shape index (κ1) is 8.77. The normalized spacial score (nSPS) is 10.9. The maximum atomic E-state index is 5.76. The van der Waals surface area contributed by atoms with Crippen LogP contribution < -0.4 is 0 Å². The first-order valence-electron chi connectivity index (χ1n) is 3.16. The number of hydrogen-bond donors (Lipinski definition) is 0. The second-order valence-corrected chi connectivity index (χ2v) is 4.77. The van der Waals surface area contributed by atoms with Gasteiger partial charge >= 0.3 is 0 Å². The van der Waals surface area contributed by atoms with Crippen molar-refractivity contribution >= 4 is 55.8 Å². The summed E-state index contributed by atoms with van der Waals surface area (Å²) in [7, 11) is 0. The fourth-order valence-electron chi connectivity index (χ4n) is 0.995. The van der Waals surface area contributed by atoms with Crippen molar-refractivity contribution in [2.45, 2.75) is 0 Å². The standard InChI is InChI=1S/C7H3BrClIN2/c8-4-1-5(10)7-11-6(9)3-12(7)2-4/h1-3H. The van der Waals surface area contributed by atoms with Gasteiger partial charge in [-0.25, -0.2) is 4.98 Å². The van der Waals surface area contributed by atoms with Crippen molar-refractivity contribution in [1.82, 2.24) is 9.38 Å². The van der Waals surface area contributed by atoms with Gasteiger partial charge in [0, 0.05) is 16.9 Å². The molecule has 0 N–H and O–H groups in total. The first-order chi connectivity index (χ1) is 5.66. The number of rotatable bonds is 0. The molecule has 0 aliphatic carbocycles. The van der Waals surface area contributed by atoms with Crippen molar-refractivity contribution in [3.63, 3.8) is 0 Å². The molecule has 2 aromatic heterocycles. The van der Waals surface area contributed by atoms with Crippen LogP contribution in [0, 0.1) is 3.57 Å². The lowest BCUT2D eigenvalue weighted by Gasteiger charge is -1.96. The largest absolute Gasteiger partial charge is 0.303 e. The van der Waals surface area contributed by atoms with Crippen molar-refractivity contribution in [3.8, 4) is 0 Å². The summed E-state index contributed by atoms with van der Waals surface area (Å²) >= 11 is 11.4. The van der Waals surface area contributed by atoms with Crippen LogP contribution >= 0.6 is 50.1 Å². The number of fused-ring (bicyclic) bond motifs is 1. The molecule has 2 rings (SSSR count). The second-order valence-electron chi connectivity index (χ2n) is 2.30. The summed E-state index contributed by atoms with van der Waals surface area (Å²) in [4.78, 5) is 4.15. The van der Waals surface area contributed by atoms with Gasteiger partial charge in [-0.1, -0.05) is 11.6 Å². The fraction of sp³-hybridized carbons (Fsp3) is 0. The predicted molar refractivity (Wildman–Crippen MR) is 60.6 cm³/mol. The third kappa shape index (κ3) is 1.47. The Morgan fingerprint density at radius 3 is 3.00 bits per heavy atom. The minimum absolute atomic E-state index is 0.519. The lowest BCUT2D eigenvalue weighted by atomic mass is 10.5. The third-order valence-corrected chi connectivity index (χ3v) is 2.85. The van der Waals surface area contributed by atoms with Crippen molar-refractivity contribution in [1.29, 1.82) is 0 Å². The molecule has 0 aliphatic rings. The number of nitrogens with zero attached hydrogens (tertiary/aromatic N) is 2. The van der Waals surface area contributed by atoms with Gasteiger partial charge in [-0.05, 0) is 44.6 Å². The minimum atomic E-state index is 0.519. The van der Waals surface area contributed by atoms with Gasteiger partial charge in [-0.15, -0.1) is 0 Å². The summed E-state index contributed by atoms with van der Waals surface area (Å²) in [5, 5.41) is 0.519. The molecule has 0 aliphatic heterocycles. The van der Waals surface area contributed by atoms with Crippen LogP contribution in [-0.4, -0.2) is 9.38 Å². The van der Waals surface area contributed by atoms with E-state index in [1.54, 1.807) is 6.20 Å². The molecule has 0 bridgehead atoms. The first-order valence-corrected chi connectivity index (χ1v) is 5.41. The molecule has 2 heterocycles. The molecule has 5 heteroatoms. The van der Waals surface area contributed by atoms with E-state index in [1.807, 2.05) is 16.7 Å². The van der Waals surface area contributed by atoms with E-state index in [2.05, 4.69) is 43.5 Å². The molecular formula is C7H3BrClIN2. The smallest absolute Gasteiger partial charge is 0.152 e. The number of halogens is 3. The highest BCUT2D eigenvalue weighted by molar-refractivity contribution is 14.1. The van der Waals surface area contributed by atoms with Crippen LogP contribution in [0.4, 0.5) is 0 Å². The Morgan fingerprint density at radius 2 is 2.25 bits per heavy atom. The molecule has 0 saturated carbocycles. The van der Waals surface area contributed by atoms with E-state index in [0.717, 1.165) is 13.7 Å². The SMILES string of the molecule is Clc1cn2cc(Br)cc(I)c2n1. The van der Waals surface area contributed by atoms with Gasteiger partial charge < -0.3 is 4.40 Å². The molecule has 2 nitrogen and oxygen atoms in total. The van der Waals surface area contributed by atoms with Crippen molar-refractivity contribution in [2.24, 2.45) is 0 Å². The summed E-state index contributed by atoms with van der Waals surface area (Å²) < 4.78 is 4.00. The Kier molecular flexibility index (Phi) is 2.31. The molecule has 0 amide bonds. The van der Waals surface area contributed by atoms with Crippen LogP contribution in [0.3, 0.4) is 0 Å². The average Bonchev–Trinajstić information content (AvgIpc) is 2.29. The Bertz CT molecular complexity index is 440. The maximum absolute atomic E-state index is 5.76. The van der Waals surface area contributed by atoms with Crippen molar-refractivity contribution in [3.05, 3.63) is 31.7 Å².